The molecule has 0 saturated heterocycles. The molecular weight excluding hydrogens is 265 g/mol. The molecular formula is C15H15ClFNO. The summed E-state index contributed by atoms with van der Waals surface area (Å²) in [5.74, 6) is -0.244. The van der Waals surface area contributed by atoms with Crippen LogP contribution in [0.5, 0.6) is 0 Å². The monoisotopic (exact) mass is 279 g/mol. The number of para-hydroxylation sites is 1. The van der Waals surface area contributed by atoms with E-state index in [1.165, 1.54) is 6.07 Å². The van der Waals surface area contributed by atoms with Gasteiger partial charge in [0.1, 0.15) is 5.82 Å². The zero-order chi connectivity index (χ0) is 13.8. The average Bonchev–Trinajstić information content (AvgIpc) is 2.40. The molecule has 2 aromatic rings. The maximum absolute atomic E-state index is 13.6. The Morgan fingerprint density at radius 2 is 1.79 bits per heavy atom. The van der Waals surface area contributed by atoms with Crippen LogP contribution in [0.25, 0.3) is 0 Å². The second-order valence-corrected chi connectivity index (χ2v) is 4.76. The summed E-state index contributed by atoms with van der Waals surface area (Å²) in [6, 6.07) is 12.0. The van der Waals surface area contributed by atoms with Gasteiger partial charge in [-0.1, -0.05) is 41.9 Å². The summed E-state index contributed by atoms with van der Waals surface area (Å²) in [7, 11) is 1.83. The van der Waals surface area contributed by atoms with Crippen LogP contribution >= 0.6 is 11.6 Å². The maximum Gasteiger partial charge on any atom is 0.128 e. The van der Waals surface area contributed by atoms with E-state index in [0.29, 0.717) is 17.1 Å². The summed E-state index contributed by atoms with van der Waals surface area (Å²) in [5.41, 5.74) is 2.05. The first-order valence-corrected chi connectivity index (χ1v) is 6.34. The van der Waals surface area contributed by atoms with Crippen molar-refractivity contribution >= 4 is 17.3 Å². The molecule has 0 aliphatic carbocycles. The summed E-state index contributed by atoms with van der Waals surface area (Å²) >= 11 is 6.16. The first-order valence-electron chi connectivity index (χ1n) is 5.96. The van der Waals surface area contributed by atoms with Gasteiger partial charge in [0, 0.05) is 24.7 Å². The molecule has 4 heteroatoms. The van der Waals surface area contributed by atoms with E-state index in [-0.39, 0.29) is 12.4 Å². The molecule has 0 amide bonds. The minimum atomic E-state index is -0.244. The van der Waals surface area contributed by atoms with Gasteiger partial charge in [-0.05, 0) is 12.1 Å². The quantitative estimate of drug-likeness (QED) is 0.924. The highest BCUT2D eigenvalue weighted by atomic mass is 35.5. The predicted molar refractivity (Wildman–Crippen MR) is 75.9 cm³/mol. The fourth-order valence-electron chi connectivity index (χ4n) is 2.08. The van der Waals surface area contributed by atoms with Gasteiger partial charge in [0.2, 0.25) is 0 Å². The van der Waals surface area contributed by atoms with Crippen molar-refractivity contribution in [2.45, 2.75) is 13.2 Å². The molecule has 0 unspecified atom stereocenters. The number of aliphatic hydroxyl groups excluding tert-OH is 1. The van der Waals surface area contributed by atoms with Crippen LogP contribution in [0.3, 0.4) is 0 Å². The van der Waals surface area contributed by atoms with E-state index in [9.17, 15) is 9.50 Å². The van der Waals surface area contributed by atoms with Crippen LogP contribution in [0.1, 0.15) is 11.1 Å². The normalized spacial score (nSPS) is 10.5. The van der Waals surface area contributed by atoms with E-state index in [2.05, 4.69) is 0 Å². The van der Waals surface area contributed by atoms with E-state index in [1.54, 1.807) is 36.4 Å². The third kappa shape index (κ3) is 3.06. The third-order valence-corrected chi connectivity index (χ3v) is 3.29. The molecule has 100 valence electrons. The molecule has 0 fully saturated rings. The maximum atomic E-state index is 13.6. The second kappa shape index (κ2) is 6.04. The standard InChI is InChI=1S/C15H15ClFNO/c1-18(9-11-5-2-3-8-14(11)17)15-12(10-19)6-4-7-13(15)16/h2-8,19H,9-10H2,1H3. The molecule has 2 rings (SSSR count). The minimum Gasteiger partial charge on any atom is -0.392 e. The first-order chi connectivity index (χ1) is 9.13. The van der Waals surface area contributed by atoms with Crippen LogP contribution in [-0.4, -0.2) is 12.2 Å². The molecule has 0 saturated carbocycles. The Balaban J connectivity index is 2.30. The summed E-state index contributed by atoms with van der Waals surface area (Å²) in [5, 5.41) is 9.90. The lowest BCUT2D eigenvalue weighted by Gasteiger charge is -2.23. The fourth-order valence-corrected chi connectivity index (χ4v) is 2.41. The van der Waals surface area contributed by atoms with Gasteiger partial charge in [-0.25, -0.2) is 4.39 Å². The van der Waals surface area contributed by atoms with Crippen LogP contribution in [0.4, 0.5) is 10.1 Å². The largest absolute Gasteiger partial charge is 0.392 e. The molecule has 19 heavy (non-hydrogen) atoms. The smallest absolute Gasteiger partial charge is 0.128 e. The molecule has 0 aliphatic heterocycles. The number of anilines is 1. The van der Waals surface area contributed by atoms with Crippen LogP contribution < -0.4 is 4.90 Å². The fraction of sp³-hybridized carbons (Fsp3) is 0.200. The molecule has 0 heterocycles. The van der Waals surface area contributed by atoms with E-state index in [4.69, 9.17) is 11.6 Å². The Morgan fingerprint density at radius 3 is 2.47 bits per heavy atom. The Morgan fingerprint density at radius 1 is 1.11 bits per heavy atom. The number of nitrogens with zero attached hydrogens (tertiary/aromatic N) is 1. The van der Waals surface area contributed by atoms with Crippen molar-refractivity contribution in [3.63, 3.8) is 0 Å². The van der Waals surface area contributed by atoms with Crippen molar-refractivity contribution in [3.8, 4) is 0 Å². The minimum absolute atomic E-state index is 0.0997. The van der Waals surface area contributed by atoms with E-state index in [0.717, 1.165) is 11.3 Å². The van der Waals surface area contributed by atoms with Crippen molar-refractivity contribution in [2.24, 2.45) is 0 Å². The first kappa shape index (κ1) is 13.8. The summed E-state index contributed by atoms with van der Waals surface area (Å²) in [6.07, 6.45) is 0. The zero-order valence-electron chi connectivity index (χ0n) is 10.6. The van der Waals surface area contributed by atoms with Gasteiger partial charge in [0.25, 0.3) is 0 Å². The van der Waals surface area contributed by atoms with Crippen LogP contribution in [0.2, 0.25) is 5.02 Å². The third-order valence-electron chi connectivity index (χ3n) is 2.99. The van der Waals surface area contributed by atoms with Gasteiger partial charge in [-0.15, -0.1) is 0 Å². The molecule has 2 aromatic carbocycles. The van der Waals surface area contributed by atoms with Gasteiger partial charge >= 0.3 is 0 Å². The Hall–Kier alpha value is -1.58. The molecule has 1 N–H and O–H groups in total. The molecule has 0 atom stereocenters. The van der Waals surface area contributed by atoms with Crippen LogP contribution in [0.15, 0.2) is 42.5 Å². The Bertz CT molecular complexity index is 574. The number of hydrogen-bond donors (Lipinski definition) is 1. The van der Waals surface area contributed by atoms with Gasteiger partial charge in [-0.2, -0.15) is 0 Å². The van der Waals surface area contributed by atoms with Gasteiger partial charge in [0.05, 0.1) is 17.3 Å². The summed E-state index contributed by atoms with van der Waals surface area (Å²) in [4.78, 5) is 1.84. The molecule has 0 bridgehead atoms. The highest BCUT2D eigenvalue weighted by Gasteiger charge is 2.13. The number of benzene rings is 2. The van der Waals surface area contributed by atoms with Crippen LogP contribution in [-0.2, 0) is 13.2 Å². The zero-order valence-corrected chi connectivity index (χ0v) is 11.4. The molecule has 0 aliphatic rings. The summed E-state index contributed by atoms with van der Waals surface area (Å²) < 4.78 is 13.6. The van der Waals surface area contributed by atoms with E-state index in [1.807, 2.05) is 11.9 Å². The average molecular weight is 280 g/mol. The number of rotatable bonds is 4. The molecule has 0 aromatic heterocycles. The van der Waals surface area contributed by atoms with Gasteiger partial charge in [-0.3, -0.25) is 0 Å². The van der Waals surface area contributed by atoms with Crippen molar-refractivity contribution in [3.05, 3.63) is 64.4 Å². The highest BCUT2D eigenvalue weighted by molar-refractivity contribution is 6.33. The van der Waals surface area contributed by atoms with E-state index < -0.39 is 0 Å². The number of hydrogen-bond acceptors (Lipinski definition) is 2. The lowest BCUT2D eigenvalue weighted by molar-refractivity contribution is 0.282. The van der Waals surface area contributed by atoms with Crippen molar-refractivity contribution < 1.29 is 9.50 Å². The van der Waals surface area contributed by atoms with Gasteiger partial charge in [0.15, 0.2) is 0 Å². The van der Waals surface area contributed by atoms with Crippen LogP contribution in [0, 0.1) is 5.82 Å². The second-order valence-electron chi connectivity index (χ2n) is 4.35. The highest BCUT2D eigenvalue weighted by Crippen LogP contribution is 2.30. The number of halogens is 2. The predicted octanol–water partition coefficient (Wildman–Crippen LogP) is 3.61. The van der Waals surface area contributed by atoms with Crippen molar-refractivity contribution in [1.29, 1.82) is 0 Å². The Kier molecular flexibility index (Phi) is 4.40. The molecule has 2 nitrogen and oxygen atoms in total. The van der Waals surface area contributed by atoms with Crippen molar-refractivity contribution in [2.75, 3.05) is 11.9 Å². The topological polar surface area (TPSA) is 23.5 Å². The molecule has 0 spiro atoms. The SMILES string of the molecule is CN(Cc1ccccc1F)c1c(Cl)cccc1CO. The van der Waals surface area contributed by atoms with E-state index >= 15 is 0 Å². The van der Waals surface area contributed by atoms with Crippen molar-refractivity contribution in [1.82, 2.24) is 0 Å². The van der Waals surface area contributed by atoms with Gasteiger partial charge < -0.3 is 10.0 Å². The summed E-state index contributed by atoms with van der Waals surface area (Å²) in [6.45, 7) is 0.293. The number of aliphatic hydroxyl groups is 1. The lowest BCUT2D eigenvalue weighted by Crippen LogP contribution is -2.19. The Labute approximate surface area is 117 Å². The lowest BCUT2D eigenvalue weighted by atomic mass is 10.1. The molecule has 0 radical (unpaired) electrons.